The fourth-order valence-corrected chi connectivity index (χ4v) is 2.19. The van der Waals surface area contributed by atoms with E-state index in [1.165, 1.54) is 18.2 Å². The van der Waals surface area contributed by atoms with Crippen LogP contribution in [0.3, 0.4) is 0 Å². The highest BCUT2D eigenvalue weighted by Gasteiger charge is 2.10. The first-order valence-corrected chi connectivity index (χ1v) is 6.27. The van der Waals surface area contributed by atoms with Gasteiger partial charge in [0.25, 0.3) is 0 Å². The van der Waals surface area contributed by atoms with Gasteiger partial charge in [0, 0.05) is 16.1 Å². The summed E-state index contributed by atoms with van der Waals surface area (Å²) in [6.07, 6.45) is 0.469. The maximum Gasteiger partial charge on any atom is 0.123 e. The average molecular weight is 284 g/mol. The molecule has 2 aromatic rings. The van der Waals surface area contributed by atoms with Crippen LogP contribution in [0.1, 0.15) is 17.2 Å². The number of hydrogen-bond acceptors (Lipinski definition) is 1. The summed E-state index contributed by atoms with van der Waals surface area (Å²) in [5.41, 5.74) is 7.68. The molecule has 0 saturated heterocycles. The molecule has 1 atom stereocenters. The lowest BCUT2D eigenvalue weighted by atomic mass is 10.00. The van der Waals surface area contributed by atoms with E-state index in [0.29, 0.717) is 22.0 Å². The third kappa shape index (κ3) is 3.22. The molecule has 0 bridgehead atoms. The summed E-state index contributed by atoms with van der Waals surface area (Å²) in [6.45, 7) is 0. The molecule has 1 nitrogen and oxygen atoms in total. The molecule has 94 valence electrons. The molecule has 0 fully saturated rings. The van der Waals surface area contributed by atoms with E-state index in [4.69, 9.17) is 28.9 Å². The number of rotatable bonds is 3. The Bertz CT molecular complexity index is 557. The van der Waals surface area contributed by atoms with Crippen LogP contribution in [0.25, 0.3) is 0 Å². The topological polar surface area (TPSA) is 26.0 Å². The van der Waals surface area contributed by atoms with Crippen molar-refractivity contribution in [3.8, 4) is 0 Å². The van der Waals surface area contributed by atoms with Crippen molar-refractivity contribution in [3.63, 3.8) is 0 Å². The third-order valence-electron chi connectivity index (χ3n) is 2.72. The predicted molar refractivity (Wildman–Crippen MR) is 73.5 cm³/mol. The quantitative estimate of drug-likeness (QED) is 0.889. The van der Waals surface area contributed by atoms with E-state index in [1.807, 2.05) is 12.1 Å². The second-order valence-electron chi connectivity index (χ2n) is 4.10. The van der Waals surface area contributed by atoms with Crippen LogP contribution in [0.4, 0.5) is 4.39 Å². The molecule has 1 unspecified atom stereocenters. The van der Waals surface area contributed by atoms with Gasteiger partial charge >= 0.3 is 0 Å². The first kappa shape index (κ1) is 13.3. The Morgan fingerprint density at radius 1 is 1.11 bits per heavy atom. The molecule has 2 N–H and O–H groups in total. The monoisotopic (exact) mass is 283 g/mol. The van der Waals surface area contributed by atoms with Crippen molar-refractivity contribution < 1.29 is 4.39 Å². The standard InChI is InChI=1S/C14H12Cl2FN/c15-11-3-1-2-9(6-11)14(18)8-10-7-12(17)4-5-13(10)16/h1-7,14H,8,18H2. The zero-order valence-corrected chi connectivity index (χ0v) is 11.0. The van der Waals surface area contributed by atoms with E-state index in [0.717, 1.165) is 5.56 Å². The Morgan fingerprint density at radius 3 is 2.61 bits per heavy atom. The van der Waals surface area contributed by atoms with Crippen LogP contribution in [0.2, 0.25) is 10.0 Å². The van der Waals surface area contributed by atoms with Crippen molar-refractivity contribution in [3.05, 3.63) is 69.5 Å². The summed E-state index contributed by atoms with van der Waals surface area (Å²) in [7, 11) is 0. The Kier molecular flexibility index (Phi) is 4.23. The minimum atomic E-state index is -0.312. The molecule has 0 aromatic heterocycles. The molecule has 0 radical (unpaired) electrons. The van der Waals surface area contributed by atoms with Gasteiger partial charge in [0.05, 0.1) is 0 Å². The van der Waals surface area contributed by atoms with Gasteiger partial charge in [-0.3, -0.25) is 0 Å². The van der Waals surface area contributed by atoms with Crippen LogP contribution in [-0.2, 0) is 6.42 Å². The van der Waals surface area contributed by atoms with Crippen molar-refractivity contribution in [2.45, 2.75) is 12.5 Å². The fourth-order valence-electron chi connectivity index (χ4n) is 1.79. The van der Waals surface area contributed by atoms with Gasteiger partial charge in [0.1, 0.15) is 5.82 Å². The van der Waals surface area contributed by atoms with Gasteiger partial charge in [-0.25, -0.2) is 4.39 Å². The second kappa shape index (κ2) is 5.70. The minimum Gasteiger partial charge on any atom is -0.324 e. The van der Waals surface area contributed by atoms with Gasteiger partial charge in [-0.05, 0) is 47.9 Å². The summed E-state index contributed by atoms with van der Waals surface area (Å²) in [4.78, 5) is 0. The molecule has 0 aliphatic carbocycles. The predicted octanol–water partition coefficient (Wildman–Crippen LogP) is 4.38. The SMILES string of the molecule is NC(Cc1cc(F)ccc1Cl)c1cccc(Cl)c1. The van der Waals surface area contributed by atoms with E-state index >= 15 is 0 Å². The minimum absolute atomic E-state index is 0.261. The van der Waals surface area contributed by atoms with Crippen LogP contribution >= 0.6 is 23.2 Å². The van der Waals surface area contributed by atoms with E-state index in [-0.39, 0.29) is 11.9 Å². The van der Waals surface area contributed by atoms with Gasteiger partial charge in [0.15, 0.2) is 0 Å². The normalized spacial score (nSPS) is 12.4. The molecular weight excluding hydrogens is 272 g/mol. The van der Waals surface area contributed by atoms with Gasteiger partial charge in [-0.2, -0.15) is 0 Å². The zero-order valence-electron chi connectivity index (χ0n) is 9.54. The fraction of sp³-hybridized carbons (Fsp3) is 0.143. The Hall–Kier alpha value is -1.09. The van der Waals surface area contributed by atoms with Crippen LogP contribution < -0.4 is 5.73 Å². The molecule has 2 aromatic carbocycles. The first-order valence-electron chi connectivity index (χ1n) is 5.51. The molecule has 0 spiro atoms. The molecular formula is C14H12Cl2FN. The first-order chi connectivity index (χ1) is 8.56. The summed E-state index contributed by atoms with van der Waals surface area (Å²) in [6, 6.07) is 11.3. The summed E-state index contributed by atoms with van der Waals surface area (Å²) in [5, 5.41) is 1.15. The number of hydrogen-bond donors (Lipinski definition) is 1. The lowest BCUT2D eigenvalue weighted by molar-refractivity contribution is 0.622. The maximum absolute atomic E-state index is 13.1. The number of halogens is 3. The average Bonchev–Trinajstić information content (AvgIpc) is 2.34. The molecule has 2 rings (SSSR count). The Balaban J connectivity index is 2.21. The van der Waals surface area contributed by atoms with E-state index < -0.39 is 0 Å². The highest BCUT2D eigenvalue weighted by Crippen LogP contribution is 2.24. The van der Waals surface area contributed by atoms with Crippen LogP contribution in [0.15, 0.2) is 42.5 Å². The number of benzene rings is 2. The van der Waals surface area contributed by atoms with Gasteiger partial charge in [-0.1, -0.05) is 35.3 Å². The van der Waals surface area contributed by atoms with E-state index in [9.17, 15) is 4.39 Å². The third-order valence-corrected chi connectivity index (χ3v) is 3.33. The zero-order chi connectivity index (χ0) is 13.1. The van der Waals surface area contributed by atoms with Gasteiger partial charge in [0.2, 0.25) is 0 Å². The van der Waals surface area contributed by atoms with Crippen molar-refractivity contribution in [2.24, 2.45) is 5.73 Å². The Morgan fingerprint density at radius 2 is 1.89 bits per heavy atom. The molecule has 18 heavy (non-hydrogen) atoms. The molecule has 0 saturated carbocycles. The van der Waals surface area contributed by atoms with Gasteiger partial charge in [-0.15, -0.1) is 0 Å². The molecule has 0 aliphatic rings. The lowest BCUT2D eigenvalue weighted by Crippen LogP contribution is -2.13. The van der Waals surface area contributed by atoms with Crippen LogP contribution in [0.5, 0.6) is 0 Å². The molecule has 0 aliphatic heterocycles. The molecule has 0 amide bonds. The number of nitrogens with two attached hydrogens (primary N) is 1. The molecule has 4 heteroatoms. The smallest absolute Gasteiger partial charge is 0.123 e. The van der Waals surface area contributed by atoms with Crippen molar-refractivity contribution in [1.29, 1.82) is 0 Å². The summed E-state index contributed by atoms with van der Waals surface area (Å²) >= 11 is 11.9. The summed E-state index contributed by atoms with van der Waals surface area (Å²) in [5.74, 6) is -0.312. The van der Waals surface area contributed by atoms with E-state index in [1.54, 1.807) is 12.1 Å². The van der Waals surface area contributed by atoms with Crippen molar-refractivity contribution in [2.75, 3.05) is 0 Å². The largest absolute Gasteiger partial charge is 0.324 e. The van der Waals surface area contributed by atoms with Crippen molar-refractivity contribution >= 4 is 23.2 Å². The highest BCUT2D eigenvalue weighted by molar-refractivity contribution is 6.31. The second-order valence-corrected chi connectivity index (χ2v) is 4.94. The van der Waals surface area contributed by atoms with Crippen molar-refractivity contribution in [1.82, 2.24) is 0 Å². The molecule has 0 heterocycles. The van der Waals surface area contributed by atoms with Crippen LogP contribution in [0, 0.1) is 5.82 Å². The highest BCUT2D eigenvalue weighted by atomic mass is 35.5. The van der Waals surface area contributed by atoms with E-state index in [2.05, 4.69) is 0 Å². The summed E-state index contributed by atoms with van der Waals surface area (Å²) < 4.78 is 13.1. The maximum atomic E-state index is 13.1. The lowest BCUT2D eigenvalue weighted by Gasteiger charge is -2.13. The van der Waals surface area contributed by atoms with Crippen LogP contribution in [-0.4, -0.2) is 0 Å². The Labute approximate surface area is 115 Å². The van der Waals surface area contributed by atoms with Gasteiger partial charge < -0.3 is 5.73 Å².